The first-order valence-corrected chi connectivity index (χ1v) is 5.89. The molecule has 1 heterocycles. The molecule has 2 aromatic carbocycles. The Morgan fingerprint density at radius 2 is 1.95 bits per heavy atom. The Balaban J connectivity index is 2.07. The maximum Gasteiger partial charge on any atom is 0.167 e. The highest BCUT2D eigenvalue weighted by molar-refractivity contribution is 5.86. The maximum atomic E-state index is 10.1. The summed E-state index contributed by atoms with van der Waals surface area (Å²) in [5, 5.41) is 10.1. The van der Waals surface area contributed by atoms with Crippen LogP contribution >= 0.6 is 0 Å². The van der Waals surface area contributed by atoms with E-state index in [-0.39, 0.29) is 5.75 Å². The molecule has 1 aliphatic heterocycles. The maximum absolute atomic E-state index is 10.1. The minimum Gasteiger partial charge on any atom is -0.504 e. The molecular weight excluding hydrogens is 242 g/mol. The van der Waals surface area contributed by atoms with E-state index in [0.29, 0.717) is 17.0 Å². The van der Waals surface area contributed by atoms with Crippen LogP contribution in [0.15, 0.2) is 42.5 Å². The van der Waals surface area contributed by atoms with Crippen molar-refractivity contribution < 1.29 is 14.7 Å². The van der Waals surface area contributed by atoms with Gasteiger partial charge in [-0.2, -0.15) is 0 Å². The molecular formula is C15H13NO3. The third kappa shape index (κ3) is 1.97. The second-order valence-corrected chi connectivity index (χ2v) is 4.16. The van der Waals surface area contributed by atoms with Crippen molar-refractivity contribution >= 4 is 11.8 Å². The van der Waals surface area contributed by atoms with E-state index in [4.69, 9.17) is 9.57 Å². The summed E-state index contributed by atoms with van der Waals surface area (Å²) in [7, 11) is 1.52. The van der Waals surface area contributed by atoms with E-state index in [1.165, 1.54) is 7.11 Å². The van der Waals surface area contributed by atoms with Gasteiger partial charge < -0.3 is 14.7 Å². The van der Waals surface area contributed by atoms with Gasteiger partial charge in [0.15, 0.2) is 17.2 Å². The van der Waals surface area contributed by atoms with E-state index in [1.54, 1.807) is 12.1 Å². The Kier molecular flexibility index (Phi) is 2.76. The molecule has 0 aromatic heterocycles. The Morgan fingerprint density at radius 1 is 1.11 bits per heavy atom. The van der Waals surface area contributed by atoms with Crippen molar-refractivity contribution in [2.45, 2.75) is 0 Å². The van der Waals surface area contributed by atoms with Crippen molar-refractivity contribution in [3.05, 3.63) is 53.6 Å². The van der Waals surface area contributed by atoms with Gasteiger partial charge in [0.2, 0.25) is 0 Å². The van der Waals surface area contributed by atoms with Crippen molar-refractivity contribution in [2.24, 2.45) is 0 Å². The number of benzene rings is 2. The van der Waals surface area contributed by atoms with Gasteiger partial charge in [-0.1, -0.05) is 24.3 Å². The average molecular weight is 255 g/mol. The van der Waals surface area contributed by atoms with Gasteiger partial charge in [0.05, 0.1) is 12.8 Å². The van der Waals surface area contributed by atoms with E-state index < -0.39 is 0 Å². The third-order valence-electron chi connectivity index (χ3n) is 3.00. The minimum absolute atomic E-state index is 0.0896. The van der Waals surface area contributed by atoms with Crippen LogP contribution in [-0.2, 0) is 0 Å². The van der Waals surface area contributed by atoms with E-state index in [2.05, 4.69) is 5.48 Å². The van der Waals surface area contributed by atoms with Crippen LogP contribution in [0, 0.1) is 0 Å². The summed E-state index contributed by atoms with van der Waals surface area (Å²) >= 11 is 0. The number of para-hydroxylation sites is 2. The first kappa shape index (κ1) is 11.5. The first-order chi connectivity index (χ1) is 9.29. The molecule has 0 radical (unpaired) electrons. The molecule has 0 spiro atoms. The lowest BCUT2D eigenvalue weighted by atomic mass is 10.1. The van der Waals surface area contributed by atoms with Crippen LogP contribution in [0.25, 0.3) is 11.8 Å². The molecule has 0 unspecified atom stereocenters. The highest BCUT2D eigenvalue weighted by Crippen LogP contribution is 2.36. The van der Waals surface area contributed by atoms with Crippen LogP contribution in [-0.4, -0.2) is 12.2 Å². The fourth-order valence-corrected chi connectivity index (χ4v) is 2.02. The molecule has 19 heavy (non-hydrogen) atoms. The highest BCUT2D eigenvalue weighted by atomic mass is 16.6. The van der Waals surface area contributed by atoms with Gasteiger partial charge in [0.25, 0.3) is 0 Å². The van der Waals surface area contributed by atoms with Gasteiger partial charge >= 0.3 is 0 Å². The number of hydrogen-bond donors (Lipinski definition) is 2. The molecule has 96 valence electrons. The molecule has 1 aliphatic rings. The number of phenols is 1. The number of hydrogen-bond acceptors (Lipinski definition) is 4. The number of fused-ring (bicyclic) bond motifs is 1. The quantitative estimate of drug-likeness (QED) is 0.866. The Bertz CT molecular complexity index is 650. The molecule has 4 heteroatoms. The zero-order chi connectivity index (χ0) is 13.2. The average Bonchev–Trinajstić information content (AvgIpc) is 2.47. The van der Waals surface area contributed by atoms with Gasteiger partial charge in [-0.3, -0.25) is 0 Å². The lowest BCUT2D eigenvalue weighted by molar-refractivity contribution is 0.248. The summed E-state index contributed by atoms with van der Waals surface area (Å²) in [6.07, 6.45) is 1.92. The summed E-state index contributed by atoms with van der Waals surface area (Å²) in [5.41, 5.74) is 5.11. The summed E-state index contributed by atoms with van der Waals surface area (Å²) < 4.78 is 5.10. The molecule has 0 amide bonds. The molecule has 0 saturated heterocycles. The van der Waals surface area contributed by atoms with E-state index >= 15 is 0 Å². The standard InChI is InChI=1S/C15H13NO3/c1-18-14-8-4-6-11(15(14)17)12-9-10-5-2-3-7-13(10)19-16-12/h2-9,16-17H,1H3. The number of phenolic OH excluding ortho intramolecular Hbond substituents is 1. The lowest BCUT2D eigenvalue weighted by Crippen LogP contribution is -2.20. The van der Waals surface area contributed by atoms with Crippen LogP contribution in [0.2, 0.25) is 0 Å². The Morgan fingerprint density at radius 3 is 2.79 bits per heavy atom. The molecule has 0 saturated carbocycles. The van der Waals surface area contributed by atoms with E-state index in [1.807, 2.05) is 36.4 Å². The summed E-state index contributed by atoms with van der Waals surface area (Å²) in [6, 6.07) is 13.0. The monoisotopic (exact) mass is 255 g/mol. The van der Waals surface area contributed by atoms with Gasteiger partial charge in [-0.15, -0.1) is 0 Å². The lowest BCUT2D eigenvalue weighted by Gasteiger charge is -2.20. The predicted molar refractivity (Wildman–Crippen MR) is 72.7 cm³/mol. The normalized spacial score (nSPS) is 12.8. The van der Waals surface area contributed by atoms with E-state index in [0.717, 1.165) is 11.3 Å². The molecule has 2 aromatic rings. The number of nitrogens with one attached hydrogen (secondary N) is 1. The van der Waals surface area contributed by atoms with Gasteiger partial charge in [0.1, 0.15) is 0 Å². The molecule has 3 rings (SSSR count). The fraction of sp³-hybridized carbons (Fsp3) is 0.0667. The largest absolute Gasteiger partial charge is 0.504 e. The van der Waals surface area contributed by atoms with Crippen LogP contribution in [0.3, 0.4) is 0 Å². The fourth-order valence-electron chi connectivity index (χ4n) is 2.02. The molecule has 0 aliphatic carbocycles. The van der Waals surface area contributed by atoms with Crippen LogP contribution in [0.5, 0.6) is 17.2 Å². The zero-order valence-corrected chi connectivity index (χ0v) is 10.4. The second kappa shape index (κ2) is 4.57. The second-order valence-electron chi connectivity index (χ2n) is 4.16. The van der Waals surface area contributed by atoms with Crippen LogP contribution < -0.4 is 15.1 Å². The van der Waals surface area contributed by atoms with Crippen molar-refractivity contribution in [1.82, 2.24) is 5.48 Å². The number of rotatable bonds is 2. The topological polar surface area (TPSA) is 50.7 Å². The minimum atomic E-state index is 0.0896. The number of ether oxygens (including phenoxy) is 1. The van der Waals surface area contributed by atoms with Gasteiger partial charge in [-0.05, 0) is 24.3 Å². The van der Waals surface area contributed by atoms with Crippen molar-refractivity contribution in [3.63, 3.8) is 0 Å². The highest BCUT2D eigenvalue weighted by Gasteiger charge is 2.16. The van der Waals surface area contributed by atoms with Crippen molar-refractivity contribution in [3.8, 4) is 17.2 Å². The molecule has 0 fully saturated rings. The third-order valence-corrected chi connectivity index (χ3v) is 3.00. The van der Waals surface area contributed by atoms with Crippen molar-refractivity contribution in [1.29, 1.82) is 0 Å². The first-order valence-electron chi connectivity index (χ1n) is 5.89. The smallest absolute Gasteiger partial charge is 0.167 e. The van der Waals surface area contributed by atoms with E-state index in [9.17, 15) is 5.11 Å². The molecule has 2 N–H and O–H groups in total. The molecule has 0 atom stereocenters. The summed E-state index contributed by atoms with van der Waals surface area (Å²) in [6.45, 7) is 0. The van der Waals surface area contributed by atoms with Crippen LogP contribution in [0.1, 0.15) is 11.1 Å². The van der Waals surface area contributed by atoms with Crippen molar-refractivity contribution in [2.75, 3.05) is 7.11 Å². The van der Waals surface area contributed by atoms with Gasteiger partial charge in [0, 0.05) is 11.1 Å². The Hall–Kier alpha value is -2.62. The zero-order valence-electron chi connectivity index (χ0n) is 10.4. The Labute approximate surface area is 110 Å². The van der Waals surface area contributed by atoms with Crippen LogP contribution in [0.4, 0.5) is 0 Å². The van der Waals surface area contributed by atoms with Gasteiger partial charge in [-0.25, -0.2) is 5.48 Å². The SMILES string of the molecule is COc1cccc(C2=Cc3ccccc3ON2)c1O. The number of methoxy groups -OCH3 is 1. The number of aromatic hydroxyl groups is 1. The number of hydroxylamine groups is 1. The predicted octanol–water partition coefficient (Wildman–Crippen LogP) is 2.80. The molecule has 4 nitrogen and oxygen atoms in total. The summed E-state index contributed by atoms with van der Waals surface area (Å²) in [4.78, 5) is 5.45. The summed E-state index contributed by atoms with van der Waals surface area (Å²) in [5.74, 6) is 1.28. The molecule has 0 bridgehead atoms.